The maximum atomic E-state index is 13.4. The number of hydrogen-bond donors (Lipinski definition) is 0. The first-order valence-corrected chi connectivity index (χ1v) is 11.4. The van der Waals surface area contributed by atoms with Gasteiger partial charge in [0, 0.05) is 33.1 Å². The summed E-state index contributed by atoms with van der Waals surface area (Å²) in [6.07, 6.45) is 1.37. The Morgan fingerprint density at radius 2 is 1.87 bits per heavy atom. The molecule has 1 aromatic heterocycles. The van der Waals surface area contributed by atoms with Gasteiger partial charge in [-0.1, -0.05) is 12.1 Å². The summed E-state index contributed by atoms with van der Waals surface area (Å²) in [5.41, 5.74) is 0.820. The number of nitrogens with zero attached hydrogens (tertiary/aromatic N) is 1. The molecule has 2 heterocycles. The smallest absolute Gasteiger partial charge is 0.250 e. The third-order valence-electron chi connectivity index (χ3n) is 5.99. The van der Waals surface area contributed by atoms with Gasteiger partial charge >= 0.3 is 0 Å². The number of ether oxygens (including phenoxy) is 2. The monoisotopic (exact) mass is 427 g/mol. The van der Waals surface area contributed by atoms with E-state index in [0.717, 1.165) is 5.56 Å². The molecule has 7 heteroatoms. The summed E-state index contributed by atoms with van der Waals surface area (Å²) in [6.45, 7) is 2.56. The van der Waals surface area contributed by atoms with Crippen LogP contribution in [-0.4, -0.2) is 32.8 Å². The Balaban J connectivity index is 1.79. The first kappa shape index (κ1) is 20.8. The number of pyridine rings is 1. The van der Waals surface area contributed by atoms with Crippen molar-refractivity contribution in [1.29, 1.82) is 0 Å². The molecule has 3 aromatic rings. The quantitative estimate of drug-likeness (QED) is 0.638. The molecule has 158 valence electrons. The summed E-state index contributed by atoms with van der Waals surface area (Å²) in [5.74, 6) is 0. The van der Waals surface area contributed by atoms with Crippen molar-refractivity contribution in [3.63, 3.8) is 0 Å². The van der Waals surface area contributed by atoms with Crippen molar-refractivity contribution in [2.45, 2.75) is 41.3 Å². The number of hydrogen-bond acceptors (Lipinski definition) is 5. The lowest BCUT2D eigenvalue weighted by Crippen LogP contribution is -2.39. The molecule has 1 fully saturated rings. The average Bonchev–Trinajstić information content (AvgIpc) is 2.76. The van der Waals surface area contributed by atoms with Gasteiger partial charge in [-0.2, -0.15) is 0 Å². The van der Waals surface area contributed by atoms with Gasteiger partial charge in [0.1, 0.15) is 0 Å². The summed E-state index contributed by atoms with van der Waals surface area (Å²) in [6, 6.07) is 14.9. The van der Waals surface area contributed by atoms with Gasteiger partial charge in [0.25, 0.3) is 5.56 Å². The number of rotatable bonds is 4. The maximum Gasteiger partial charge on any atom is 0.250 e. The topological polar surface area (TPSA) is 74.6 Å². The number of aryl methyl sites for hydroxylation is 1. The van der Waals surface area contributed by atoms with Gasteiger partial charge in [0.2, 0.25) is 9.84 Å². The maximum absolute atomic E-state index is 13.4. The Labute approximate surface area is 176 Å². The number of methoxy groups -OCH3 is 1. The highest BCUT2D eigenvalue weighted by atomic mass is 32.2. The predicted octanol–water partition coefficient (Wildman–Crippen LogP) is 3.41. The molecular formula is C23H25NO5S. The summed E-state index contributed by atoms with van der Waals surface area (Å²) in [4.78, 5) is 12.2. The molecule has 2 atom stereocenters. The molecule has 0 aliphatic carbocycles. The molecular weight excluding hydrogens is 402 g/mol. The fourth-order valence-electron chi connectivity index (χ4n) is 4.23. The molecule has 0 N–H and O–H groups in total. The van der Waals surface area contributed by atoms with E-state index in [1.807, 2.05) is 13.0 Å². The largest absolute Gasteiger partial charge is 0.378 e. The van der Waals surface area contributed by atoms with Crippen LogP contribution in [0.1, 0.15) is 25.3 Å². The second-order valence-corrected chi connectivity index (χ2v) is 9.77. The Morgan fingerprint density at radius 1 is 1.10 bits per heavy atom. The standard InChI is InChI=1S/C23H25NO5S/c1-16-15-23(28-3,11-12-29-16)18-5-4-6-19(14-18)30(26,27)20-8-9-21-17(13-20)7-10-22(25)24(21)2/h4-10,13-14,16H,11-12,15H2,1-3H3/t16-,23+/m0/s1. The zero-order valence-corrected chi connectivity index (χ0v) is 18.1. The van der Waals surface area contributed by atoms with E-state index in [9.17, 15) is 13.2 Å². The molecule has 4 rings (SSSR count). The second kappa shape index (κ2) is 7.65. The van der Waals surface area contributed by atoms with Crippen LogP contribution in [0.3, 0.4) is 0 Å². The van der Waals surface area contributed by atoms with Crippen LogP contribution in [0.25, 0.3) is 10.9 Å². The molecule has 30 heavy (non-hydrogen) atoms. The van der Waals surface area contributed by atoms with Crippen LogP contribution < -0.4 is 5.56 Å². The van der Waals surface area contributed by atoms with Gasteiger partial charge in [0.05, 0.1) is 33.6 Å². The van der Waals surface area contributed by atoms with Gasteiger partial charge in [-0.25, -0.2) is 8.42 Å². The molecule has 1 aliphatic heterocycles. The van der Waals surface area contributed by atoms with Crippen LogP contribution >= 0.6 is 0 Å². The summed E-state index contributed by atoms with van der Waals surface area (Å²) >= 11 is 0. The zero-order chi connectivity index (χ0) is 21.5. The molecule has 1 aliphatic rings. The van der Waals surface area contributed by atoms with Gasteiger partial charge in [0.15, 0.2) is 0 Å². The molecule has 2 aromatic carbocycles. The van der Waals surface area contributed by atoms with Crippen molar-refractivity contribution >= 4 is 20.7 Å². The Morgan fingerprint density at radius 3 is 2.60 bits per heavy atom. The van der Waals surface area contributed by atoms with E-state index in [4.69, 9.17) is 9.47 Å². The number of fused-ring (bicyclic) bond motifs is 1. The summed E-state index contributed by atoms with van der Waals surface area (Å²) in [7, 11) is -0.410. The fourth-order valence-corrected chi connectivity index (χ4v) is 5.57. The Bertz CT molecular complexity index is 1260. The van der Waals surface area contributed by atoms with Gasteiger partial charge < -0.3 is 14.0 Å². The van der Waals surface area contributed by atoms with Crippen molar-refractivity contribution in [3.05, 3.63) is 70.5 Å². The summed E-state index contributed by atoms with van der Waals surface area (Å²) in [5, 5.41) is 0.695. The predicted molar refractivity (Wildman–Crippen MR) is 114 cm³/mol. The molecule has 0 spiro atoms. The average molecular weight is 428 g/mol. The summed E-state index contributed by atoms with van der Waals surface area (Å²) < 4.78 is 39.8. The highest BCUT2D eigenvalue weighted by Crippen LogP contribution is 2.39. The third kappa shape index (κ3) is 3.47. The lowest BCUT2D eigenvalue weighted by molar-refractivity contribution is -0.122. The highest BCUT2D eigenvalue weighted by molar-refractivity contribution is 7.91. The first-order valence-electron chi connectivity index (χ1n) is 9.89. The molecule has 0 unspecified atom stereocenters. The van der Waals surface area contributed by atoms with E-state index in [0.29, 0.717) is 30.4 Å². The van der Waals surface area contributed by atoms with Crippen LogP contribution in [0.4, 0.5) is 0 Å². The molecule has 6 nitrogen and oxygen atoms in total. The van der Waals surface area contributed by atoms with Gasteiger partial charge in [-0.15, -0.1) is 0 Å². The van der Waals surface area contributed by atoms with Crippen molar-refractivity contribution in [3.8, 4) is 0 Å². The number of aromatic nitrogens is 1. The molecule has 0 radical (unpaired) electrons. The van der Waals surface area contributed by atoms with E-state index < -0.39 is 15.4 Å². The molecule has 0 amide bonds. The lowest BCUT2D eigenvalue weighted by atomic mass is 9.84. The van der Waals surface area contributed by atoms with E-state index in [-0.39, 0.29) is 21.5 Å². The first-order chi connectivity index (χ1) is 14.3. The number of benzene rings is 2. The van der Waals surface area contributed by atoms with Crippen LogP contribution in [0.15, 0.2) is 69.2 Å². The van der Waals surface area contributed by atoms with E-state index >= 15 is 0 Å². The zero-order valence-electron chi connectivity index (χ0n) is 17.3. The normalized spacial score (nSPS) is 22.3. The third-order valence-corrected chi connectivity index (χ3v) is 7.74. The van der Waals surface area contributed by atoms with Gasteiger partial charge in [-0.3, -0.25) is 4.79 Å². The second-order valence-electron chi connectivity index (χ2n) is 7.82. The Kier molecular flexibility index (Phi) is 5.30. The minimum Gasteiger partial charge on any atom is -0.378 e. The minimum absolute atomic E-state index is 0.0334. The Hall–Kier alpha value is -2.48. The van der Waals surface area contributed by atoms with E-state index in [1.54, 1.807) is 56.6 Å². The van der Waals surface area contributed by atoms with Crippen LogP contribution in [0, 0.1) is 0 Å². The fraction of sp³-hybridized carbons (Fsp3) is 0.348. The molecule has 0 saturated carbocycles. The van der Waals surface area contributed by atoms with Crippen molar-refractivity contribution in [2.75, 3.05) is 13.7 Å². The molecule has 1 saturated heterocycles. The van der Waals surface area contributed by atoms with Crippen molar-refractivity contribution in [2.24, 2.45) is 7.05 Å². The van der Waals surface area contributed by atoms with Crippen LogP contribution in [-0.2, 0) is 32.0 Å². The van der Waals surface area contributed by atoms with E-state index in [1.165, 1.54) is 10.6 Å². The van der Waals surface area contributed by atoms with E-state index in [2.05, 4.69) is 0 Å². The van der Waals surface area contributed by atoms with Crippen LogP contribution in [0.2, 0.25) is 0 Å². The number of sulfone groups is 1. The lowest BCUT2D eigenvalue weighted by Gasteiger charge is -2.39. The van der Waals surface area contributed by atoms with Crippen molar-refractivity contribution in [1.82, 2.24) is 4.57 Å². The molecule has 0 bridgehead atoms. The highest BCUT2D eigenvalue weighted by Gasteiger charge is 2.38. The van der Waals surface area contributed by atoms with Crippen molar-refractivity contribution < 1.29 is 17.9 Å². The SMILES string of the molecule is CO[C@]1(c2cccc(S(=O)(=O)c3ccc4c(ccc(=O)n4C)c3)c2)CCO[C@@H](C)C1. The van der Waals surface area contributed by atoms with Crippen LogP contribution in [0.5, 0.6) is 0 Å². The minimum atomic E-state index is -3.74. The van der Waals surface area contributed by atoms with Gasteiger partial charge in [-0.05, 0) is 54.3 Å².